The van der Waals surface area contributed by atoms with Crippen LogP contribution in [-0.2, 0) is 18.3 Å². The predicted molar refractivity (Wildman–Crippen MR) is 141 cm³/mol. The van der Waals surface area contributed by atoms with E-state index >= 15 is 0 Å². The Balaban J connectivity index is 0.00000289. The lowest BCUT2D eigenvalue weighted by atomic mass is 10.1. The molecule has 8 nitrogen and oxygen atoms in total. The second-order valence-electron chi connectivity index (χ2n) is 8.72. The average molecular weight is 516 g/mol. The number of hydrogen-bond donors (Lipinski definition) is 1. The van der Waals surface area contributed by atoms with Crippen LogP contribution in [-0.4, -0.2) is 46.3 Å². The maximum atomic E-state index is 13.6. The first kappa shape index (κ1) is 25.0. The van der Waals surface area contributed by atoms with Gasteiger partial charge in [-0.3, -0.25) is 4.79 Å². The van der Waals surface area contributed by atoms with Crippen LogP contribution in [0.15, 0.2) is 47.3 Å². The van der Waals surface area contributed by atoms with Gasteiger partial charge in [0.1, 0.15) is 11.0 Å². The van der Waals surface area contributed by atoms with Crippen molar-refractivity contribution in [2.75, 3.05) is 25.1 Å². The smallest absolute Gasteiger partial charge is 0.337 e. The van der Waals surface area contributed by atoms with E-state index < -0.39 is 5.97 Å². The maximum absolute atomic E-state index is 13.6. The highest BCUT2D eigenvalue weighted by Crippen LogP contribution is 2.30. The molecule has 0 aliphatic carbocycles. The molecule has 0 unspecified atom stereocenters. The van der Waals surface area contributed by atoms with Crippen LogP contribution in [0.4, 0.5) is 5.95 Å². The third-order valence-electron chi connectivity index (χ3n) is 6.52. The molecule has 1 saturated heterocycles. The minimum Gasteiger partial charge on any atom is -0.465 e. The summed E-state index contributed by atoms with van der Waals surface area (Å²) in [6.07, 6.45) is 1.90. The van der Waals surface area contributed by atoms with Crippen molar-refractivity contribution < 1.29 is 9.53 Å². The van der Waals surface area contributed by atoms with E-state index in [9.17, 15) is 9.59 Å². The van der Waals surface area contributed by atoms with Gasteiger partial charge in [0.2, 0.25) is 5.95 Å². The fourth-order valence-corrected chi connectivity index (χ4v) is 4.95. The van der Waals surface area contributed by atoms with E-state index in [4.69, 9.17) is 27.1 Å². The van der Waals surface area contributed by atoms with Crippen LogP contribution in [0, 0.1) is 0 Å². The summed E-state index contributed by atoms with van der Waals surface area (Å²) in [5.41, 5.74) is 9.10. The largest absolute Gasteiger partial charge is 0.465 e. The Hall–Kier alpha value is -3.07. The number of fused-ring (bicyclic) bond motifs is 3. The number of nitrogens with zero attached hydrogens (tertiary/aromatic N) is 4. The molecule has 2 aromatic carbocycles. The Bertz CT molecular complexity index is 1480. The molecule has 1 aliphatic heterocycles. The fraction of sp³-hybridized carbons (Fsp3) is 0.320. The van der Waals surface area contributed by atoms with E-state index in [0.29, 0.717) is 51.6 Å². The number of carbonyl (C=O) groups excluding carboxylic acids is 1. The molecule has 1 atom stereocenters. The van der Waals surface area contributed by atoms with E-state index in [1.54, 1.807) is 29.8 Å². The van der Waals surface area contributed by atoms with E-state index in [1.165, 1.54) is 7.11 Å². The number of carbonyl (C=O) groups is 1. The Morgan fingerprint density at radius 3 is 2.74 bits per heavy atom. The number of halogens is 2. The molecule has 35 heavy (non-hydrogen) atoms. The van der Waals surface area contributed by atoms with Gasteiger partial charge in [0, 0.05) is 36.6 Å². The van der Waals surface area contributed by atoms with E-state index in [2.05, 4.69) is 4.90 Å². The molecule has 5 rings (SSSR count). The highest BCUT2D eigenvalue weighted by atomic mass is 35.5. The second-order valence-corrected chi connectivity index (χ2v) is 9.13. The van der Waals surface area contributed by atoms with E-state index in [0.717, 1.165) is 24.9 Å². The Labute approximate surface area is 213 Å². The SMILES string of the molecule is COC(=O)c1ccc2c(c1)c1nc(N3CCC[C@@H](N)C3)n(Cc3ccccc3Cl)c1c(=O)n2C.Cl. The summed E-state index contributed by atoms with van der Waals surface area (Å²) in [6.45, 7) is 1.83. The first-order valence-corrected chi connectivity index (χ1v) is 11.6. The van der Waals surface area contributed by atoms with Gasteiger partial charge in [-0.15, -0.1) is 12.4 Å². The van der Waals surface area contributed by atoms with Crippen LogP contribution >= 0.6 is 24.0 Å². The molecule has 0 bridgehead atoms. The summed E-state index contributed by atoms with van der Waals surface area (Å²) >= 11 is 6.49. The van der Waals surface area contributed by atoms with Gasteiger partial charge < -0.3 is 24.5 Å². The normalized spacial score (nSPS) is 15.9. The van der Waals surface area contributed by atoms with Crippen molar-refractivity contribution in [3.63, 3.8) is 0 Å². The molecule has 4 aromatic rings. The van der Waals surface area contributed by atoms with Crippen LogP contribution in [0.3, 0.4) is 0 Å². The molecule has 0 saturated carbocycles. The molecule has 2 N–H and O–H groups in total. The van der Waals surface area contributed by atoms with Gasteiger partial charge in [-0.25, -0.2) is 9.78 Å². The van der Waals surface area contributed by atoms with Gasteiger partial charge in [-0.05, 0) is 42.7 Å². The van der Waals surface area contributed by atoms with Crippen LogP contribution in [0.25, 0.3) is 21.9 Å². The lowest BCUT2D eigenvalue weighted by molar-refractivity contribution is 0.0601. The van der Waals surface area contributed by atoms with Gasteiger partial charge >= 0.3 is 5.97 Å². The lowest BCUT2D eigenvalue weighted by Gasteiger charge is -2.32. The van der Waals surface area contributed by atoms with Crippen molar-refractivity contribution >= 4 is 57.9 Å². The number of imidazole rings is 1. The molecule has 10 heteroatoms. The van der Waals surface area contributed by atoms with E-state index in [1.807, 2.05) is 28.8 Å². The summed E-state index contributed by atoms with van der Waals surface area (Å²) in [5, 5.41) is 1.33. The van der Waals surface area contributed by atoms with Gasteiger partial charge in [0.15, 0.2) is 0 Å². The van der Waals surface area contributed by atoms with Crippen molar-refractivity contribution in [3.05, 3.63) is 69.0 Å². The van der Waals surface area contributed by atoms with Crippen molar-refractivity contribution in [2.24, 2.45) is 12.8 Å². The molecular formula is C25H27Cl2N5O3. The number of aryl methyl sites for hydroxylation is 1. The highest BCUT2D eigenvalue weighted by Gasteiger charge is 2.26. The number of rotatable bonds is 4. The summed E-state index contributed by atoms with van der Waals surface area (Å²) in [4.78, 5) is 33.0. The molecular weight excluding hydrogens is 489 g/mol. The standard InChI is InChI=1S/C25H26ClN5O3.ClH/c1-29-20-10-9-15(24(33)34-2)12-18(20)21-22(23(29)32)31(13-16-6-3-4-8-19(16)26)25(28-21)30-11-5-7-17(27)14-30;/h3-4,6,8-10,12,17H,5,7,11,13-14,27H2,1-2H3;1H/t17-;/m1./s1. The number of piperidine rings is 1. The molecule has 2 aromatic heterocycles. The number of benzene rings is 2. The number of esters is 1. The van der Waals surface area contributed by atoms with Crippen molar-refractivity contribution in [1.29, 1.82) is 0 Å². The number of pyridine rings is 1. The molecule has 0 radical (unpaired) electrons. The Kier molecular flexibility index (Phi) is 7.07. The topological polar surface area (TPSA) is 95.4 Å². The summed E-state index contributed by atoms with van der Waals surface area (Å²) < 4.78 is 8.43. The zero-order chi connectivity index (χ0) is 24.0. The number of anilines is 1. The van der Waals surface area contributed by atoms with Gasteiger partial charge in [-0.1, -0.05) is 29.8 Å². The Morgan fingerprint density at radius 1 is 1.26 bits per heavy atom. The zero-order valence-electron chi connectivity index (χ0n) is 19.5. The monoisotopic (exact) mass is 515 g/mol. The Morgan fingerprint density at radius 2 is 2.03 bits per heavy atom. The highest BCUT2D eigenvalue weighted by molar-refractivity contribution is 6.31. The first-order chi connectivity index (χ1) is 16.4. The van der Waals surface area contributed by atoms with Crippen LogP contribution in [0.1, 0.15) is 28.8 Å². The summed E-state index contributed by atoms with van der Waals surface area (Å²) in [6, 6.07) is 12.8. The maximum Gasteiger partial charge on any atom is 0.337 e. The number of ether oxygens (including phenoxy) is 1. The van der Waals surface area contributed by atoms with Crippen LogP contribution in [0.2, 0.25) is 5.02 Å². The van der Waals surface area contributed by atoms with Crippen LogP contribution in [0.5, 0.6) is 0 Å². The number of aromatic nitrogens is 3. The lowest BCUT2D eigenvalue weighted by Crippen LogP contribution is -2.44. The third kappa shape index (κ3) is 4.37. The quantitative estimate of drug-likeness (QED) is 0.416. The van der Waals surface area contributed by atoms with Gasteiger partial charge in [0.05, 0.1) is 24.7 Å². The van der Waals surface area contributed by atoms with Crippen molar-refractivity contribution in [2.45, 2.75) is 25.4 Å². The number of hydrogen-bond acceptors (Lipinski definition) is 6. The van der Waals surface area contributed by atoms with Gasteiger partial charge in [0.25, 0.3) is 5.56 Å². The molecule has 0 amide bonds. The number of nitrogens with two attached hydrogens (primary N) is 1. The minimum absolute atomic E-state index is 0. The van der Waals surface area contributed by atoms with Crippen molar-refractivity contribution in [3.8, 4) is 0 Å². The molecule has 0 spiro atoms. The average Bonchev–Trinajstić information content (AvgIpc) is 3.22. The molecule has 1 fully saturated rings. The molecule has 1 aliphatic rings. The van der Waals surface area contributed by atoms with Gasteiger partial charge in [-0.2, -0.15) is 0 Å². The van der Waals surface area contributed by atoms with Crippen LogP contribution < -0.4 is 16.2 Å². The number of methoxy groups -OCH3 is 1. The zero-order valence-corrected chi connectivity index (χ0v) is 21.1. The predicted octanol–water partition coefficient (Wildman–Crippen LogP) is 3.73. The second kappa shape index (κ2) is 9.89. The molecule has 184 valence electrons. The van der Waals surface area contributed by atoms with Crippen molar-refractivity contribution in [1.82, 2.24) is 14.1 Å². The third-order valence-corrected chi connectivity index (χ3v) is 6.88. The van der Waals surface area contributed by atoms with E-state index in [-0.39, 0.29) is 24.0 Å². The molecule has 3 heterocycles. The fourth-order valence-electron chi connectivity index (χ4n) is 4.76. The minimum atomic E-state index is -0.443. The first-order valence-electron chi connectivity index (χ1n) is 11.2. The summed E-state index contributed by atoms with van der Waals surface area (Å²) in [7, 11) is 3.07. The summed E-state index contributed by atoms with van der Waals surface area (Å²) in [5.74, 6) is 0.236.